The van der Waals surface area contributed by atoms with E-state index in [1.807, 2.05) is 12.3 Å². The Bertz CT molecular complexity index is 797. The molecule has 0 radical (unpaired) electrons. The Hall–Kier alpha value is -2.14. The van der Waals surface area contributed by atoms with Gasteiger partial charge in [0.25, 0.3) is 0 Å². The van der Waals surface area contributed by atoms with E-state index in [4.69, 9.17) is 14.5 Å². The monoisotopic (exact) mass is 355 g/mol. The van der Waals surface area contributed by atoms with Gasteiger partial charge in [0.2, 0.25) is 0 Å². The van der Waals surface area contributed by atoms with E-state index in [1.165, 1.54) is 22.4 Å². The summed E-state index contributed by atoms with van der Waals surface area (Å²) in [5.41, 5.74) is 4.81. The lowest BCUT2D eigenvalue weighted by molar-refractivity contribution is 0.237. The second-order valence-electron chi connectivity index (χ2n) is 8.00. The van der Waals surface area contributed by atoms with E-state index in [0.29, 0.717) is 0 Å². The minimum absolute atomic E-state index is 0.0141. The minimum Gasteiger partial charge on any atom is -0.497 e. The minimum atomic E-state index is -0.0141. The molecule has 2 aromatic rings. The number of aryl methyl sites for hydroxylation is 1. The Morgan fingerprint density at radius 2 is 1.92 bits per heavy atom. The molecule has 1 aliphatic heterocycles. The Morgan fingerprint density at radius 1 is 1.15 bits per heavy atom. The van der Waals surface area contributed by atoms with Crippen LogP contribution in [0.15, 0.2) is 18.3 Å². The summed E-state index contributed by atoms with van der Waals surface area (Å²) < 4.78 is 11.0. The molecule has 0 saturated carbocycles. The van der Waals surface area contributed by atoms with Crippen molar-refractivity contribution in [2.75, 3.05) is 20.8 Å². The molecule has 1 aromatic heterocycles. The highest BCUT2D eigenvalue weighted by Gasteiger charge is 2.24. The van der Waals surface area contributed by atoms with E-state index < -0.39 is 0 Å². The molecule has 0 unspecified atom stereocenters. The zero-order chi connectivity index (χ0) is 18.9. The van der Waals surface area contributed by atoms with Gasteiger partial charge in [-0.25, -0.2) is 9.97 Å². The Morgan fingerprint density at radius 3 is 2.58 bits per heavy atom. The molecular formula is C21H29N3O2. The first kappa shape index (κ1) is 18.6. The van der Waals surface area contributed by atoms with Crippen molar-refractivity contribution in [1.29, 1.82) is 0 Å². The van der Waals surface area contributed by atoms with Crippen molar-refractivity contribution in [3.8, 4) is 11.5 Å². The summed E-state index contributed by atoms with van der Waals surface area (Å²) in [5.74, 6) is 2.64. The summed E-state index contributed by atoms with van der Waals surface area (Å²) in [6.45, 7) is 11.3. The van der Waals surface area contributed by atoms with Crippen molar-refractivity contribution >= 4 is 0 Å². The SMILES string of the molecule is COc1cc(C)c(CN2CCc3nc(C(C)(C)C)ncc3C2)c(OC)c1. The van der Waals surface area contributed by atoms with Crippen molar-refractivity contribution in [1.82, 2.24) is 14.9 Å². The maximum Gasteiger partial charge on any atom is 0.133 e. The number of fused-ring (bicyclic) bond motifs is 1. The topological polar surface area (TPSA) is 47.5 Å². The van der Waals surface area contributed by atoms with Crippen LogP contribution in [0.25, 0.3) is 0 Å². The van der Waals surface area contributed by atoms with Crippen LogP contribution in [0, 0.1) is 6.92 Å². The van der Waals surface area contributed by atoms with E-state index in [-0.39, 0.29) is 5.41 Å². The van der Waals surface area contributed by atoms with Crippen LogP contribution in [-0.4, -0.2) is 35.6 Å². The van der Waals surface area contributed by atoms with Gasteiger partial charge in [-0.2, -0.15) is 0 Å². The first-order chi connectivity index (χ1) is 12.3. The van der Waals surface area contributed by atoms with Crippen LogP contribution in [0.5, 0.6) is 11.5 Å². The van der Waals surface area contributed by atoms with Gasteiger partial charge in [0.05, 0.1) is 14.2 Å². The third-order valence-corrected chi connectivity index (χ3v) is 4.93. The normalized spacial score (nSPS) is 14.8. The van der Waals surface area contributed by atoms with Crippen LogP contribution in [0.1, 0.15) is 49.0 Å². The fourth-order valence-electron chi connectivity index (χ4n) is 3.35. The summed E-state index contributed by atoms with van der Waals surface area (Å²) in [4.78, 5) is 11.9. The molecule has 0 aliphatic carbocycles. The number of hydrogen-bond donors (Lipinski definition) is 0. The van der Waals surface area contributed by atoms with Gasteiger partial charge >= 0.3 is 0 Å². The Balaban J connectivity index is 1.80. The zero-order valence-corrected chi connectivity index (χ0v) is 16.7. The number of hydrogen-bond acceptors (Lipinski definition) is 5. The summed E-state index contributed by atoms with van der Waals surface area (Å²) >= 11 is 0. The fraction of sp³-hybridized carbons (Fsp3) is 0.524. The van der Waals surface area contributed by atoms with Crippen LogP contribution in [0.2, 0.25) is 0 Å². The van der Waals surface area contributed by atoms with Crippen LogP contribution in [0.3, 0.4) is 0 Å². The van der Waals surface area contributed by atoms with Crippen molar-refractivity contribution < 1.29 is 9.47 Å². The number of methoxy groups -OCH3 is 2. The third-order valence-electron chi connectivity index (χ3n) is 4.93. The Labute approximate surface area is 156 Å². The van der Waals surface area contributed by atoms with E-state index in [0.717, 1.165) is 43.4 Å². The van der Waals surface area contributed by atoms with Crippen molar-refractivity contribution in [3.63, 3.8) is 0 Å². The van der Waals surface area contributed by atoms with Gasteiger partial charge in [0.15, 0.2) is 0 Å². The largest absolute Gasteiger partial charge is 0.497 e. The lowest BCUT2D eigenvalue weighted by Gasteiger charge is -2.30. The van der Waals surface area contributed by atoms with Gasteiger partial charge in [0, 0.05) is 60.6 Å². The van der Waals surface area contributed by atoms with E-state index in [9.17, 15) is 0 Å². The highest BCUT2D eigenvalue weighted by atomic mass is 16.5. The van der Waals surface area contributed by atoms with Crippen molar-refractivity contribution in [2.45, 2.75) is 52.6 Å². The smallest absolute Gasteiger partial charge is 0.133 e. The lowest BCUT2D eigenvalue weighted by Crippen LogP contribution is -2.32. The second-order valence-corrected chi connectivity index (χ2v) is 8.00. The highest BCUT2D eigenvalue weighted by Crippen LogP contribution is 2.31. The average molecular weight is 355 g/mol. The fourth-order valence-corrected chi connectivity index (χ4v) is 3.35. The summed E-state index contributed by atoms with van der Waals surface area (Å²) in [7, 11) is 3.40. The molecule has 26 heavy (non-hydrogen) atoms. The van der Waals surface area contributed by atoms with Crippen LogP contribution < -0.4 is 9.47 Å². The number of nitrogens with zero attached hydrogens (tertiary/aromatic N) is 3. The molecule has 5 heteroatoms. The van der Waals surface area contributed by atoms with Gasteiger partial charge in [-0.3, -0.25) is 4.90 Å². The summed E-state index contributed by atoms with van der Waals surface area (Å²) in [6, 6.07) is 4.02. The van der Waals surface area contributed by atoms with E-state index in [1.54, 1.807) is 14.2 Å². The summed E-state index contributed by atoms with van der Waals surface area (Å²) in [6.07, 6.45) is 2.96. The predicted octanol–water partition coefficient (Wildman–Crippen LogP) is 3.66. The van der Waals surface area contributed by atoms with E-state index >= 15 is 0 Å². The Kier molecular flexibility index (Phi) is 5.19. The molecule has 5 nitrogen and oxygen atoms in total. The standard InChI is InChI=1S/C21H29N3O2/c1-14-9-16(25-5)10-19(26-6)17(14)13-24-8-7-18-15(12-24)11-22-20(23-18)21(2,3)4/h9-11H,7-8,12-13H2,1-6H3. The van der Waals surface area contributed by atoms with Gasteiger partial charge in [-0.15, -0.1) is 0 Å². The zero-order valence-electron chi connectivity index (χ0n) is 16.7. The van der Waals surface area contributed by atoms with Gasteiger partial charge in [0.1, 0.15) is 17.3 Å². The van der Waals surface area contributed by atoms with Crippen molar-refractivity contribution in [2.24, 2.45) is 0 Å². The molecule has 140 valence electrons. The molecule has 0 bridgehead atoms. The van der Waals surface area contributed by atoms with Crippen LogP contribution >= 0.6 is 0 Å². The lowest BCUT2D eigenvalue weighted by atomic mass is 9.95. The highest BCUT2D eigenvalue weighted by molar-refractivity contribution is 5.46. The predicted molar refractivity (Wildman–Crippen MR) is 103 cm³/mol. The maximum absolute atomic E-state index is 5.60. The number of ether oxygens (including phenoxy) is 2. The molecule has 1 aliphatic rings. The molecule has 0 fully saturated rings. The molecule has 0 atom stereocenters. The molecule has 1 aromatic carbocycles. The molecule has 0 N–H and O–H groups in total. The molecule has 0 spiro atoms. The first-order valence-electron chi connectivity index (χ1n) is 9.11. The maximum atomic E-state index is 5.60. The molecule has 2 heterocycles. The quantitative estimate of drug-likeness (QED) is 0.838. The van der Waals surface area contributed by atoms with E-state index in [2.05, 4.69) is 43.6 Å². The van der Waals surface area contributed by atoms with Crippen LogP contribution in [0.4, 0.5) is 0 Å². The average Bonchev–Trinajstić information content (AvgIpc) is 2.61. The van der Waals surface area contributed by atoms with Gasteiger partial charge in [-0.05, 0) is 18.6 Å². The molecule has 3 rings (SSSR count). The third kappa shape index (κ3) is 3.83. The summed E-state index contributed by atoms with van der Waals surface area (Å²) in [5, 5.41) is 0. The van der Waals surface area contributed by atoms with Gasteiger partial charge in [-0.1, -0.05) is 20.8 Å². The molecule has 0 amide bonds. The van der Waals surface area contributed by atoms with Crippen LogP contribution in [-0.2, 0) is 24.9 Å². The molecule has 0 saturated heterocycles. The van der Waals surface area contributed by atoms with Crippen molar-refractivity contribution in [3.05, 3.63) is 46.5 Å². The van der Waals surface area contributed by atoms with Gasteiger partial charge < -0.3 is 9.47 Å². The number of rotatable bonds is 4. The number of aromatic nitrogens is 2. The first-order valence-corrected chi connectivity index (χ1v) is 9.11. The second kappa shape index (κ2) is 7.23. The molecular weight excluding hydrogens is 326 g/mol. The number of benzene rings is 1.